The number of nitrogens with one attached hydrogen (secondary N) is 1. The molecule has 158 valence electrons. The largest absolute Gasteiger partial charge is 0.307 e. The Labute approximate surface area is 180 Å². The summed E-state index contributed by atoms with van der Waals surface area (Å²) in [7, 11) is -2.89. The van der Waals surface area contributed by atoms with Crippen LogP contribution in [0.25, 0.3) is 16.7 Å². The molecule has 4 rings (SSSR count). The molecule has 0 aliphatic carbocycles. The highest BCUT2D eigenvalue weighted by Gasteiger charge is 2.25. The van der Waals surface area contributed by atoms with Crippen LogP contribution in [-0.4, -0.2) is 41.0 Å². The second-order valence-electron chi connectivity index (χ2n) is 7.69. The molecule has 0 bridgehead atoms. The zero-order chi connectivity index (χ0) is 21.3. The molecule has 30 heavy (non-hydrogen) atoms. The standard InChI is InChI=1S/C21H23ClN4O3S/c1-14(24-13-15-8-11-30(28,29)12-9-15)20-25-19-18(3-2-10-23-19)21(27)26(20)17-6-4-16(22)5-7-17/h2-7,10,14-15,24H,8-9,11-13H2,1H3. The summed E-state index contributed by atoms with van der Waals surface area (Å²) < 4.78 is 24.9. The molecular formula is C21H23ClN4O3S. The molecule has 0 spiro atoms. The second kappa shape index (κ2) is 8.45. The van der Waals surface area contributed by atoms with E-state index in [1.165, 1.54) is 0 Å². The summed E-state index contributed by atoms with van der Waals surface area (Å²) in [5.41, 5.74) is 0.887. The number of pyridine rings is 1. The van der Waals surface area contributed by atoms with Crippen LogP contribution in [0.4, 0.5) is 0 Å². The maximum atomic E-state index is 13.3. The lowest BCUT2D eigenvalue weighted by molar-refractivity contribution is 0.402. The van der Waals surface area contributed by atoms with Crippen molar-refractivity contribution in [3.63, 3.8) is 0 Å². The summed E-state index contributed by atoms with van der Waals surface area (Å²) >= 11 is 6.02. The fraction of sp³-hybridized carbons (Fsp3) is 0.381. The number of fused-ring (bicyclic) bond motifs is 1. The van der Waals surface area contributed by atoms with Gasteiger partial charge in [0.1, 0.15) is 15.7 Å². The molecule has 1 fully saturated rings. The zero-order valence-electron chi connectivity index (χ0n) is 16.6. The summed E-state index contributed by atoms with van der Waals surface area (Å²) in [6.45, 7) is 2.61. The average Bonchev–Trinajstić information content (AvgIpc) is 2.73. The molecule has 1 N–H and O–H groups in total. The summed E-state index contributed by atoms with van der Waals surface area (Å²) in [6.07, 6.45) is 2.92. The number of benzene rings is 1. The number of halogens is 1. The smallest absolute Gasteiger partial charge is 0.267 e. The van der Waals surface area contributed by atoms with Crippen molar-refractivity contribution in [3.8, 4) is 5.69 Å². The van der Waals surface area contributed by atoms with Gasteiger partial charge in [0.05, 0.1) is 28.6 Å². The lowest BCUT2D eigenvalue weighted by atomic mass is 10.0. The maximum Gasteiger partial charge on any atom is 0.267 e. The van der Waals surface area contributed by atoms with Crippen LogP contribution in [0.1, 0.15) is 31.6 Å². The summed E-state index contributed by atoms with van der Waals surface area (Å²) in [6, 6.07) is 10.2. The lowest BCUT2D eigenvalue weighted by Crippen LogP contribution is -2.35. The third-order valence-electron chi connectivity index (χ3n) is 5.53. The van der Waals surface area contributed by atoms with E-state index in [1.54, 1.807) is 47.2 Å². The van der Waals surface area contributed by atoms with E-state index in [4.69, 9.17) is 11.6 Å². The maximum absolute atomic E-state index is 13.3. The van der Waals surface area contributed by atoms with Gasteiger partial charge in [0.2, 0.25) is 0 Å². The fourth-order valence-corrected chi connectivity index (χ4v) is 5.46. The van der Waals surface area contributed by atoms with Gasteiger partial charge in [-0.1, -0.05) is 11.6 Å². The third kappa shape index (κ3) is 4.40. The Hall–Kier alpha value is -2.29. The minimum atomic E-state index is -2.89. The molecule has 2 aromatic heterocycles. The van der Waals surface area contributed by atoms with Crippen molar-refractivity contribution >= 4 is 32.5 Å². The SMILES string of the molecule is CC(NCC1CCS(=O)(=O)CC1)c1nc2ncccc2c(=O)n1-c1ccc(Cl)cc1. The molecule has 1 aliphatic heterocycles. The van der Waals surface area contributed by atoms with Crippen molar-refractivity contribution in [2.45, 2.75) is 25.8 Å². The number of sulfone groups is 1. The van der Waals surface area contributed by atoms with Gasteiger partial charge in [0, 0.05) is 11.2 Å². The van der Waals surface area contributed by atoms with Gasteiger partial charge >= 0.3 is 0 Å². The van der Waals surface area contributed by atoms with Crippen molar-refractivity contribution < 1.29 is 8.42 Å². The van der Waals surface area contributed by atoms with E-state index in [-0.39, 0.29) is 29.0 Å². The van der Waals surface area contributed by atoms with Gasteiger partial charge in [-0.2, -0.15) is 0 Å². The van der Waals surface area contributed by atoms with Crippen molar-refractivity contribution in [2.24, 2.45) is 5.92 Å². The van der Waals surface area contributed by atoms with E-state index in [0.29, 0.717) is 47.0 Å². The molecule has 1 aliphatic rings. The van der Waals surface area contributed by atoms with E-state index < -0.39 is 9.84 Å². The first kappa shape index (κ1) is 21.0. The van der Waals surface area contributed by atoms with Gasteiger partial charge in [-0.3, -0.25) is 9.36 Å². The highest BCUT2D eigenvalue weighted by Crippen LogP contribution is 2.21. The van der Waals surface area contributed by atoms with Crippen LogP contribution in [0, 0.1) is 5.92 Å². The number of rotatable bonds is 5. The highest BCUT2D eigenvalue weighted by molar-refractivity contribution is 7.91. The van der Waals surface area contributed by atoms with Gasteiger partial charge in [-0.15, -0.1) is 0 Å². The quantitative estimate of drug-likeness (QED) is 0.647. The average molecular weight is 447 g/mol. The summed E-state index contributed by atoms with van der Waals surface area (Å²) in [5, 5.41) is 4.47. The number of aromatic nitrogens is 3. The van der Waals surface area contributed by atoms with Crippen LogP contribution in [0.15, 0.2) is 47.4 Å². The number of nitrogens with zero attached hydrogens (tertiary/aromatic N) is 3. The van der Waals surface area contributed by atoms with E-state index in [1.807, 2.05) is 6.92 Å². The van der Waals surface area contributed by atoms with Gasteiger partial charge in [-0.05, 0) is 68.6 Å². The van der Waals surface area contributed by atoms with Gasteiger partial charge in [0.15, 0.2) is 5.65 Å². The van der Waals surface area contributed by atoms with Gasteiger partial charge in [-0.25, -0.2) is 18.4 Å². The van der Waals surface area contributed by atoms with Gasteiger partial charge in [0.25, 0.3) is 5.56 Å². The Morgan fingerprint density at radius 3 is 2.60 bits per heavy atom. The third-order valence-corrected chi connectivity index (χ3v) is 7.50. The number of hydrogen-bond donors (Lipinski definition) is 1. The minimum absolute atomic E-state index is 0.192. The molecule has 3 aromatic rings. The molecule has 1 atom stereocenters. The topological polar surface area (TPSA) is 94.0 Å². The Morgan fingerprint density at radius 2 is 1.90 bits per heavy atom. The zero-order valence-corrected chi connectivity index (χ0v) is 18.2. The summed E-state index contributed by atoms with van der Waals surface area (Å²) in [4.78, 5) is 22.2. The second-order valence-corrected chi connectivity index (χ2v) is 10.4. The van der Waals surface area contributed by atoms with Gasteiger partial charge < -0.3 is 5.32 Å². The minimum Gasteiger partial charge on any atom is -0.307 e. The molecule has 7 nitrogen and oxygen atoms in total. The van der Waals surface area contributed by atoms with E-state index in [2.05, 4.69) is 15.3 Å². The molecule has 0 amide bonds. The molecule has 9 heteroatoms. The van der Waals surface area contributed by atoms with E-state index in [9.17, 15) is 13.2 Å². The normalized spacial score (nSPS) is 17.8. The molecular weight excluding hydrogens is 424 g/mol. The Balaban J connectivity index is 1.67. The van der Waals surface area contributed by atoms with Crippen molar-refractivity contribution in [1.82, 2.24) is 19.9 Å². The highest BCUT2D eigenvalue weighted by atomic mass is 35.5. The van der Waals surface area contributed by atoms with Crippen LogP contribution in [0.2, 0.25) is 5.02 Å². The van der Waals surface area contributed by atoms with Crippen LogP contribution in [-0.2, 0) is 9.84 Å². The van der Waals surface area contributed by atoms with Crippen molar-refractivity contribution in [1.29, 1.82) is 0 Å². The first-order chi connectivity index (χ1) is 14.3. The van der Waals surface area contributed by atoms with Crippen LogP contribution in [0.5, 0.6) is 0 Å². The van der Waals surface area contributed by atoms with Crippen LogP contribution in [0.3, 0.4) is 0 Å². The van der Waals surface area contributed by atoms with Crippen molar-refractivity contribution in [3.05, 3.63) is 63.8 Å². The first-order valence-corrected chi connectivity index (χ1v) is 12.1. The predicted molar refractivity (Wildman–Crippen MR) is 118 cm³/mol. The Bertz CT molecular complexity index is 1210. The van der Waals surface area contributed by atoms with E-state index >= 15 is 0 Å². The van der Waals surface area contributed by atoms with Crippen LogP contribution < -0.4 is 10.9 Å². The summed E-state index contributed by atoms with van der Waals surface area (Å²) in [5.74, 6) is 1.31. The molecule has 3 heterocycles. The monoisotopic (exact) mass is 446 g/mol. The molecule has 1 saturated heterocycles. The Kier molecular flexibility index (Phi) is 5.90. The molecule has 0 radical (unpaired) electrons. The van der Waals surface area contributed by atoms with Crippen molar-refractivity contribution in [2.75, 3.05) is 18.1 Å². The molecule has 1 aromatic carbocycles. The first-order valence-electron chi connectivity index (χ1n) is 9.91. The lowest BCUT2D eigenvalue weighted by Gasteiger charge is -2.25. The number of hydrogen-bond acceptors (Lipinski definition) is 6. The van der Waals surface area contributed by atoms with Crippen LogP contribution >= 0.6 is 11.6 Å². The Morgan fingerprint density at radius 1 is 1.20 bits per heavy atom. The fourth-order valence-electron chi connectivity index (χ4n) is 3.74. The predicted octanol–water partition coefficient (Wildman–Crippen LogP) is 2.91. The molecule has 1 unspecified atom stereocenters. The molecule has 0 saturated carbocycles. The van der Waals surface area contributed by atoms with E-state index in [0.717, 1.165) is 0 Å².